The molecule has 20 heavy (non-hydrogen) atoms. The molecule has 1 saturated carbocycles. The Balaban J connectivity index is 2.02. The van der Waals surface area contributed by atoms with E-state index < -0.39 is 6.10 Å². The van der Waals surface area contributed by atoms with Crippen LogP contribution in [0.2, 0.25) is 5.02 Å². The van der Waals surface area contributed by atoms with Gasteiger partial charge in [-0.25, -0.2) is 0 Å². The van der Waals surface area contributed by atoms with Gasteiger partial charge in [0, 0.05) is 10.6 Å². The van der Waals surface area contributed by atoms with Gasteiger partial charge in [-0.2, -0.15) is 0 Å². The van der Waals surface area contributed by atoms with Crippen molar-refractivity contribution >= 4 is 11.6 Å². The Hall–Kier alpha value is -1.31. The number of aliphatic hydroxyl groups excluding tert-OH is 1. The fourth-order valence-corrected chi connectivity index (χ4v) is 3.13. The molecule has 1 N–H and O–H groups in total. The quantitative estimate of drug-likeness (QED) is 0.842. The van der Waals surface area contributed by atoms with Crippen LogP contribution in [0.5, 0.6) is 0 Å². The van der Waals surface area contributed by atoms with Crippen molar-refractivity contribution in [2.75, 3.05) is 0 Å². The van der Waals surface area contributed by atoms with Gasteiger partial charge in [0.2, 0.25) is 0 Å². The highest BCUT2D eigenvalue weighted by atomic mass is 35.5. The summed E-state index contributed by atoms with van der Waals surface area (Å²) in [4.78, 5) is 0. The Kier molecular flexibility index (Phi) is 3.82. The topological polar surface area (TPSA) is 20.2 Å². The molecule has 3 rings (SSSR count). The third kappa shape index (κ3) is 2.36. The van der Waals surface area contributed by atoms with Crippen LogP contribution in [0.4, 0.5) is 0 Å². The van der Waals surface area contributed by atoms with Gasteiger partial charge in [-0.1, -0.05) is 60.5 Å². The normalized spacial score (nSPS) is 16.8. The maximum Gasteiger partial charge on any atom is 0.106 e. The zero-order valence-electron chi connectivity index (χ0n) is 11.6. The highest BCUT2D eigenvalue weighted by molar-refractivity contribution is 6.32. The zero-order chi connectivity index (χ0) is 14.1. The standard InChI is InChI=1S/C18H19ClO/c1-12-6-4-11-16(17(12)19)18(20)15-10-3-2-9-14(15)13-7-5-8-13/h2-4,6,9-11,13,18,20H,5,7-8H2,1H3. The third-order valence-electron chi connectivity index (χ3n) is 4.35. The molecule has 0 heterocycles. The molecular weight excluding hydrogens is 268 g/mol. The molecule has 1 atom stereocenters. The van der Waals surface area contributed by atoms with E-state index in [1.54, 1.807) is 0 Å². The lowest BCUT2D eigenvalue weighted by Crippen LogP contribution is -2.13. The van der Waals surface area contributed by atoms with Gasteiger partial charge < -0.3 is 5.11 Å². The summed E-state index contributed by atoms with van der Waals surface area (Å²) in [7, 11) is 0. The molecule has 2 aromatic carbocycles. The summed E-state index contributed by atoms with van der Waals surface area (Å²) in [5, 5.41) is 11.4. The predicted molar refractivity (Wildman–Crippen MR) is 83.3 cm³/mol. The van der Waals surface area contributed by atoms with E-state index in [1.807, 2.05) is 37.3 Å². The summed E-state index contributed by atoms with van der Waals surface area (Å²) in [6.07, 6.45) is 3.11. The summed E-state index contributed by atoms with van der Waals surface area (Å²) in [6.45, 7) is 1.97. The summed E-state index contributed by atoms with van der Waals surface area (Å²) >= 11 is 6.36. The lowest BCUT2D eigenvalue weighted by Gasteiger charge is -2.29. The van der Waals surface area contributed by atoms with Crippen LogP contribution in [-0.4, -0.2) is 5.11 Å². The molecule has 0 aromatic heterocycles. The maximum absolute atomic E-state index is 10.8. The van der Waals surface area contributed by atoms with E-state index >= 15 is 0 Å². The second-order valence-corrected chi connectivity index (χ2v) is 6.02. The van der Waals surface area contributed by atoms with E-state index in [-0.39, 0.29) is 0 Å². The Labute approximate surface area is 125 Å². The van der Waals surface area contributed by atoms with Crippen LogP contribution in [0.25, 0.3) is 0 Å². The fourth-order valence-electron chi connectivity index (χ4n) is 2.90. The molecule has 1 unspecified atom stereocenters. The number of aryl methyl sites for hydroxylation is 1. The van der Waals surface area contributed by atoms with E-state index in [0.717, 1.165) is 16.7 Å². The molecule has 0 spiro atoms. The molecular formula is C18H19ClO. The van der Waals surface area contributed by atoms with Gasteiger partial charge in [0.25, 0.3) is 0 Å². The summed E-state index contributed by atoms with van der Waals surface area (Å²) in [5.74, 6) is 0.601. The van der Waals surface area contributed by atoms with Gasteiger partial charge in [-0.3, -0.25) is 0 Å². The van der Waals surface area contributed by atoms with Crippen molar-refractivity contribution in [3.63, 3.8) is 0 Å². The molecule has 0 saturated heterocycles. The van der Waals surface area contributed by atoms with Gasteiger partial charge in [-0.15, -0.1) is 0 Å². The average molecular weight is 287 g/mol. The number of benzene rings is 2. The lowest BCUT2D eigenvalue weighted by atomic mass is 9.77. The number of hydrogen-bond donors (Lipinski definition) is 1. The predicted octanol–water partition coefficient (Wildman–Crippen LogP) is 5.00. The van der Waals surface area contributed by atoms with Crippen molar-refractivity contribution < 1.29 is 5.11 Å². The van der Waals surface area contributed by atoms with Crippen LogP contribution in [0, 0.1) is 6.92 Å². The van der Waals surface area contributed by atoms with Gasteiger partial charge in [0.1, 0.15) is 6.10 Å². The Bertz CT molecular complexity index is 617. The van der Waals surface area contributed by atoms with E-state index in [0.29, 0.717) is 10.9 Å². The summed E-state index contributed by atoms with van der Waals surface area (Å²) in [5.41, 5.74) is 4.09. The number of hydrogen-bond acceptors (Lipinski definition) is 1. The van der Waals surface area contributed by atoms with Crippen molar-refractivity contribution in [3.05, 3.63) is 69.7 Å². The van der Waals surface area contributed by atoms with Gasteiger partial charge in [-0.05, 0) is 42.4 Å². The van der Waals surface area contributed by atoms with Crippen molar-refractivity contribution in [2.24, 2.45) is 0 Å². The third-order valence-corrected chi connectivity index (χ3v) is 4.87. The van der Waals surface area contributed by atoms with E-state index in [2.05, 4.69) is 12.1 Å². The number of halogens is 1. The molecule has 0 bridgehead atoms. The van der Waals surface area contributed by atoms with Crippen LogP contribution in [-0.2, 0) is 0 Å². The van der Waals surface area contributed by atoms with E-state index in [1.165, 1.54) is 24.8 Å². The second kappa shape index (κ2) is 5.59. The molecule has 0 amide bonds. The maximum atomic E-state index is 10.8. The monoisotopic (exact) mass is 286 g/mol. The molecule has 0 radical (unpaired) electrons. The summed E-state index contributed by atoms with van der Waals surface area (Å²) < 4.78 is 0. The molecule has 1 fully saturated rings. The Morgan fingerprint density at radius 2 is 1.75 bits per heavy atom. The van der Waals surface area contributed by atoms with Crippen LogP contribution in [0.1, 0.15) is 53.5 Å². The first-order chi connectivity index (χ1) is 9.68. The van der Waals surface area contributed by atoms with Gasteiger partial charge in [0.05, 0.1) is 0 Å². The molecule has 1 aliphatic carbocycles. The minimum absolute atomic E-state index is 0.601. The van der Waals surface area contributed by atoms with Crippen molar-refractivity contribution in [2.45, 2.75) is 38.2 Å². The van der Waals surface area contributed by atoms with Crippen molar-refractivity contribution in [3.8, 4) is 0 Å². The largest absolute Gasteiger partial charge is 0.384 e. The minimum atomic E-state index is -0.640. The van der Waals surface area contributed by atoms with Crippen molar-refractivity contribution in [1.29, 1.82) is 0 Å². The fraction of sp³-hybridized carbons (Fsp3) is 0.333. The van der Waals surface area contributed by atoms with Gasteiger partial charge >= 0.3 is 0 Å². The molecule has 1 nitrogen and oxygen atoms in total. The molecule has 104 valence electrons. The molecule has 2 aromatic rings. The molecule has 1 aliphatic rings. The SMILES string of the molecule is Cc1cccc(C(O)c2ccccc2C2CCC2)c1Cl. The van der Waals surface area contributed by atoms with Crippen molar-refractivity contribution in [1.82, 2.24) is 0 Å². The van der Waals surface area contributed by atoms with Crippen LogP contribution in [0.15, 0.2) is 42.5 Å². The summed E-state index contributed by atoms with van der Waals surface area (Å²) in [6, 6.07) is 14.1. The minimum Gasteiger partial charge on any atom is -0.384 e. The average Bonchev–Trinajstić information content (AvgIpc) is 2.40. The molecule has 2 heteroatoms. The number of rotatable bonds is 3. The highest BCUT2D eigenvalue weighted by Gasteiger charge is 2.25. The van der Waals surface area contributed by atoms with Crippen LogP contribution >= 0.6 is 11.6 Å². The first-order valence-corrected chi connectivity index (χ1v) is 7.58. The Morgan fingerprint density at radius 1 is 1.05 bits per heavy atom. The highest BCUT2D eigenvalue weighted by Crippen LogP contribution is 2.41. The van der Waals surface area contributed by atoms with E-state index in [4.69, 9.17) is 11.6 Å². The molecule has 0 aliphatic heterocycles. The zero-order valence-corrected chi connectivity index (χ0v) is 12.4. The number of aliphatic hydroxyl groups is 1. The van der Waals surface area contributed by atoms with Gasteiger partial charge in [0.15, 0.2) is 0 Å². The Morgan fingerprint density at radius 3 is 2.45 bits per heavy atom. The first-order valence-electron chi connectivity index (χ1n) is 7.20. The first kappa shape index (κ1) is 13.7. The second-order valence-electron chi connectivity index (χ2n) is 5.64. The van der Waals surface area contributed by atoms with Crippen LogP contribution in [0.3, 0.4) is 0 Å². The lowest BCUT2D eigenvalue weighted by molar-refractivity contribution is 0.217. The van der Waals surface area contributed by atoms with E-state index in [9.17, 15) is 5.11 Å². The smallest absolute Gasteiger partial charge is 0.106 e. The van der Waals surface area contributed by atoms with Crippen LogP contribution < -0.4 is 0 Å².